The smallest absolute Gasteiger partial charge is 0.272 e. The fourth-order valence-corrected chi connectivity index (χ4v) is 4.50. The van der Waals surface area contributed by atoms with Gasteiger partial charge in [0.1, 0.15) is 22.9 Å². The molecule has 148 valence electrons. The van der Waals surface area contributed by atoms with Crippen molar-refractivity contribution in [1.82, 2.24) is 9.88 Å². The third-order valence-corrected chi connectivity index (χ3v) is 5.83. The highest BCUT2D eigenvalue weighted by Crippen LogP contribution is 2.45. The summed E-state index contributed by atoms with van der Waals surface area (Å²) in [4.78, 5) is 19.0. The summed E-state index contributed by atoms with van der Waals surface area (Å²) in [6.07, 6.45) is 6.47. The molecule has 1 saturated heterocycles. The van der Waals surface area contributed by atoms with Crippen LogP contribution in [0.3, 0.4) is 0 Å². The first-order valence-electron chi connectivity index (χ1n) is 9.82. The van der Waals surface area contributed by atoms with E-state index in [0.717, 1.165) is 25.0 Å². The summed E-state index contributed by atoms with van der Waals surface area (Å²) in [5.41, 5.74) is 0.467. The number of aliphatic hydroxyl groups excluding tert-OH is 1. The second kappa shape index (κ2) is 7.80. The van der Waals surface area contributed by atoms with Crippen molar-refractivity contribution in [3.8, 4) is 17.2 Å². The number of piperidine rings is 1. The number of aliphatic hydroxyl groups is 1. The summed E-state index contributed by atoms with van der Waals surface area (Å²) >= 11 is 0. The highest BCUT2D eigenvalue weighted by Gasteiger charge is 2.42. The molecule has 1 aliphatic carbocycles. The standard InChI is InChI=1S/C22H26N2O4/c1-27-17-4-6-18(7-5-17)28-19-8-9-20(23-13-19)21(26)24-14-16(25)12-22(15-24)10-2-3-11-22/h4-9,13,16,25H,2-3,10-12,14-15H2,1H3. The van der Waals surface area contributed by atoms with Crippen molar-refractivity contribution in [3.63, 3.8) is 0 Å². The number of β-amino-alcohol motifs (C(OH)–C–C–N with tert-alkyl or cyclic N) is 1. The molecular formula is C22H26N2O4. The van der Waals surface area contributed by atoms with Gasteiger partial charge in [0.25, 0.3) is 5.91 Å². The number of methoxy groups -OCH3 is 1. The summed E-state index contributed by atoms with van der Waals surface area (Å²) in [6.45, 7) is 1.10. The van der Waals surface area contributed by atoms with Gasteiger partial charge in [-0.05, 0) is 61.1 Å². The van der Waals surface area contributed by atoms with Crippen LogP contribution in [0.4, 0.5) is 0 Å². The molecule has 1 aliphatic heterocycles. The molecule has 28 heavy (non-hydrogen) atoms. The van der Waals surface area contributed by atoms with Crippen LogP contribution in [0.5, 0.6) is 17.2 Å². The van der Waals surface area contributed by atoms with Crippen LogP contribution >= 0.6 is 0 Å². The van der Waals surface area contributed by atoms with Gasteiger partial charge in [-0.1, -0.05) is 12.8 Å². The average molecular weight is 382 g/mol. The Bertz CT molecular complexity index is 813. The summed E-state index contributed by atoms with van der Waals surface area (Å²) in [5, 5.41) is 10.3. The molecule has 2 aromatic rings. The molecule has 0 radical (unpaired) electrons. The topological polar surface area (TPSA) is 71.9 Å². The van der Waals surface area contributed by atoms with Crippen LogP contribution in [0.2, 0.25) is 0 Å². The van der Waals surface area contributed by atoms with Gasteiger partial charge < -0.3 is 19.5 Å². The van der Waals surface area contributed by atoms with Crippen molar-refractivity contribution in [1.29, 1.82) is 0 Å². The summed E-state index contributed by atoms with van der Waals surface area (Å²) < 4.78 is 10.9. The number of hydrogen-bond acceptors (Lipinski definition) is 5. The number of ether oxygens (including phenoxy) is 2. The minimum Gasteiger partial charge on any atom is -0.497 e. The van der Waals surface area contributed by atoms with Gasteiger partial charge >= 0.3 is 0 Å². The molecule has 2 aliphatic rings. The maximum atomic E-state index is 12.9. The minimum absolute atomic E-state index is 0.0880. The van der Waals surface area contributed by atoms with Gasteiger partial charge in [0, 0.05) is 13.1 Å². The quantitative estimate of drug-likeness (QED) is 0.874. The van der Waals surface area contributed by atoms with Gasteiger partial charge in [0.05, 0.1) is 19.4 Å². The highest BCUT2D eigenvalue weighted by atomic mass is 16.5. The molecule has 2 fully saturated rings. The summed E-state index contributed by atoms with van der Waals surface area (Å²) in [5.74, 6) is 1.87. The molecule has 1 aromatic carbocycles. The lowest BCUT2D eigenvalue weighted by atomic mass is 9.77. The Labute approximate surface area is 165 Å². The minimum atomic E-state index is -0.450. The number of hydrogen-bond donors (Lipinski definition) is 1. The number of benzene rings is 1. The predicted octanol–water partition coefficient (Wildman–Crippen LogP) is 3.65. The lowest BCUT2D eigenvalue weighted by molar-refractivity contribution is -0.00294. The number of nitrogens with zero attached hydrogens (tertiary/aromatic N) is 2. The molecule has 1 spiro atoms. The van der Waals surface area contributed by atoms with Gasteiger partial charge in [-0.3, -0.25) is 4.79 Å². The molecule has 1 N–H and O–H groups in total. The molecule has 1 amide bonds. The third kappa shape index (κ3) is 3.97. The molecule has 6 nitrogen and oxygen atoms in total. The second-order valence-electron chi connectivity index (χ2n) is 7.91. The Kier molecular flexibility index (Phi) is 5.22. The van der Waals surface area contributed by atoms with E-state index in [0.29, 0.717) is 30.3 Å². The highest BCUT2D eigenvalue weighted by molar-refractivity contribution is 5.92. The number of likely N-dealkylation sites (tertiary alicyclic amines) is 1. The zero-order valence-electron chi connectivity index (χ0n) is 16.1. The molecule has 6 heteroatoms. The Hall–Kier alpha value is -2.60. The van der Waals surface area contributed by atoms with E-state index in [2.05, 4.69) is 4.98 Å². The SMILES string of the molecule is COc1ccc(Oc2ccc(C(=O)N3CC(O)CC4(CCCC4)C3)nc2)cc1. The summed E-state index contributed by atoms with van der Waals surface area (Å²) in [7, 11) is 1.62. The number of carbonyl (C=O) groups is 1. The number of aromatic nitrogens is 1. The first-order valence-corrected chi connectivity index (χ1v) is 9.82. The van der Waals surface area contributed by atoms with Gasteiger partial charge in [0.15, 0.2) is 0 Å². The van der Waals surface area contributed by atoms with Crippen molar-refractivity contribution < 1.29 is 19.4 Å². The summed E-state index contributed by atoms with van der Waals surface area (Å²) in [6, 6.07) is 10.7. The monoisotopic (exact) mass is 382 g/mol. The van der Waals surface area contributed by atoms with Crippen LogP contribution in [-0.2, 0) is 0 Å². The molecule has 1 saturated carbocycles. The lowest BCUT2D eigenvalue weighted by Gasteiger charge is -2.42. The van der Waals surface area contributed by atoms with E-state index in [4.69, 9.17) is 9.47 Å². The fraction of sp³-hybridized carbons (Fsp3) is 0.455. The van der Waals surface area contributed by atoms with Gasteiger partial charge in [-0.25, -0.2) is 4.98 Å². The van der Waals surface area contributed by atoms with Crippen LogP contribution < -0.4 is 9.47 Å². The first-order chi connectivity index (χ1) is 13.6. The third-order valence-electron chi connectivity index (χ3n) is 5.83. The Balaban J connectivity index is 1.43. The van der Waals surface area contributed by atoms with Gasteiger partial charge in [-0.2, -0.15) is 0 Å². The van der Waals surface area contributed by atoms with Crippen LogP contribution in [0.25, 0.3) is 0 Å². The molecule has 4 rings (SSSR count). The van der Waals surface area contributed by atoms with E-state index in [1.165, 1.54) is 12.8 Å². The Morgan fingerprint density at radius 1 is 1.11 bits per heavy atom. The maximum Gasteiger partial charge on any atom is 0.272 e. The van der Waals surface area contributed by atoms with Crippen molar-refractivity contribution in [2.45, 2.75) is 38.2 Å². The van der Waals surface area contributed by atoms with Gasteiger partial charge in [-0.15, -0.1) is 0 Å². The van der Waals surface area contributed by atoms with Crippen molar-refractivity contribution in [2.24, 2.45) is 5.41 Å². The molecule has 1 atom stereocenters. The normalized spacial score (nSPS) is 20.9. The predicted molar refractivity (Wildman–Crippen MR) is 105 cm³/mol. The fourth-order valence-electron chi connectivity index (χ4n) is 4.50. The van der Waals surface area contributed by atoms with Crippen LogP contribution in [-0.4, -0.2) is 47.2 Å². The average Bonchev–Trinajstić information content (AvgIpc) is 3.15. The van der Waals surface area contributed by atoms with E-state index >= 15 is 0 Å². The number of amides is 1. The van der Waals surface area contributed by atoms with E-state index in [9.17, 15) is 9.90 Å². The van der Waals surface area contributed by atoms with Crippen LogP contribution in [0.15, 0.2) is 42.6 Å². The zero-order chi connectivity index (χ0) is 19.6. The van der Waals surface area contributed by atoms with Crippen LogP contribution in [0.1, 0.15) is 42.6 Å². The molecule has 0 bridgehead atoms. The van der Waals surface area contributed by atoms with Crippen molar-refractivity contribution in [3.05, 3.63) is 48.3 Å². The Morgan fingerprint density at radius 3 is 2.43 bits per heavy atom. The second-order valence-corrected chi connectivity index (χ2v) is 7.91. The molecule has 1 aromatic heterocycles. The largest absolute Gasteiger partial charge is 0.497 e. The maximum absolute atomic E-state index is 12.9. The lowest BCUT2D eigenvalue weighted by Crippen LogP contribution is -2.51. The van der Waals surface area contributed by atoms with Crippen molar-refractivity contribution in [2.75, 3.05) is 20.2 Å². The zero-order valence-corrected chi connectivity index (χ0v) is 16.1. The first kappa shape index (κ1) is 18.7. The molecule has 1 unspecified atom stereocenters. The van der Waals surface area contributed by atoms with E-state index in [1.54, 1.807) is 30.3 Å². The number of carbonyl (C=O) groups excluding carboxylic acids is 1. The molecular weight excluding hydrogens is 356 g/mol. The van der Waals surface area contributed by atoms with Crippen molar-refractivity contribution >= 4 is 5.91 Å². The molecule has 2 heterocycles. The van der Waals surface area contributed by atoms with E-state index < -0.39 is 6.10 Å². The van der Waals surface area contributed by atoms with E-state index in [-0.39, 0.29) is 11.3 Å². The van der Waals surface area contributed by atoms with E-state index in [1.807, 2.05) is 24.3 Å². The Morgan fingerprint density at radius 2 is 1.79 bits per heavy atom. The number of rotatable bonds is 4. The van der Waals surface area contributed by atoms with Crippen LogP contribution in [0, 0.1) is 5.41 Å². The van der Waals surface area contributed by atoms with Gasteiger partial charge in [0.2, 0.25) is 0 Å². The number of pyridine rings is 1.